The molecule has 0 saturated carbocycles. The minimum atomic E-state index is -0.743. The lowest BCUT2D eigenvalue weighted by Crippen LogP contribution is -2.52. The third-order valence-corrected chi connectivity index (χ3v) is 5.44. The molecule has 1 aromatic rings. The predicted octanol–water partition coefficient (Wildman–Crippen LogP) is -0.209. The van der Waals surface area contributed by atoms with Gasteiger partial charge in [-0.2, -0.15) is 0 Å². The van der Waals surface area contributed by atoms with Crippen molar-refractivity contribution in [2.24, 2.45) is 0 Å². The Morgan fingerprint density at radius 1 is 1.32 bits per heavy atom. The van der Waals surface area contributed by atoms with Crippen molar-refractivity contribution < 1.29 is 23.9 Å². The number of imide groups is 1. The first-order valence-electron chi connectivity index (χ1n) is 9.53. The topological polar surface area (TPSA) is 109 Å². The number of fused-ring (bicyclic) bond motifs is 3. The highest BCUT2D eigenvalue weighted by Crippen LogP contribution is 2.39. The molecule has 3 heterocycles. The number of carbonyl (C=O) groups is 3. The first kappa shape index (κ1) is 18.5. The third kappa shape index (κ3) is 3.49. The van der Waals surface area contributed by atoms with E-state index in [0.29, 0.717) is 29.7 Å². The molecule has 0 unspecified atom stereocenters. The summed E-state index contributed by atoms with van der Waals surface area (Å²) < 4.78 is 11.4. The first-order chi connectivity index (χ1) is 13.6. The Labute approximate surface area is 162 Å². The first-order valence-corrected chi connectivity index (χ1v) is 9.53. The minimum absolute atomic E-state index is 0.200. The van der Waals surface area contributed by atoms with Gasteiger partial charge in [0, 0.05) is 44.6 Å². The number of piperazine rings is 1. The summed E-state index contributed by atoms with van der Waals surface area (Å²) in [5.74, 6) is -0.181. The van der Waals surface area contributed by atoms with Gasteiger partial charge in [0.1, 0.15) is 17.5 Å². The molecule has 2 saturated heterocycles. The van der Waals surface area contributed by atoms with Gasteiger partial charge < -0.3 is 25.0 Å². The van der Waals surface area contributed by atoms with Crippen molar-refractivity contribution >= 4 is 23.4 Å². The fourth-order valence-electron chi connectivity index (χ4n) is 3.94. The largest absolute Gasteiger partial charge is 0.496 e. The van der Waals surface area contributed by atoms with Gasteiger partial charge >= 0.3 is 0 Å². The number of benzene rings is 1. The van der Waals surface area contributed by atoms with Gasteiger partial charge in [-0.3, -0.25) is 19.7 Å². The number of anilines is 1. The molecule has 150 valence electrons. The van der Waals surface area contributed by atoms with E-state index in [1.54, 1.807) is 6.07 Å². The number of hydrogen-bond donors (Lipinski definition) is 3. The van der Waals surface area contributed by atoms with E-state index >= 15 is 0 Å². The lowest BCUT2D eigenvalue weighted by atomic mass is 10.0. The molecule has 9 nitrogen and oxygen atoms in total. The van der Waals surface area contributed by atoms with Gasteiger partial charge in [-0.25, -0.2) is 0 Å². The minimum Gasteiger partial charge on any atom is -0.496 e. The van der Waals surface area contributed by atoms with Gasteiger partial charge in [-0.1, -0.05) is 0 Å². The van der Waals surface area contributed by atoms with E-state index in [1.807, 2.05) is 6.07 Å². The Morgan fingerprint density at radius 3 is 2.96 bits per heavy atom. The number of ether oxygens (including phenoxy) is 2. The van der Waals surface area contributed by atoms with Gasteiger partial charge in [0.2, 0.25) is 11.8 Å². The highest BCUT2D eigenvalue weighted by atomic mass is 16.5. The van der Waals surface area contributed by atoms with Crippen LogP contribution < -0.4 is 30.3 Å². The molecule has 28 heavy (non-hydrogen) atoms. The average Bonchev–Trinajstić information content (AvgIpc) is 2.88. The summed E-state index contributed by atoms with van der Waals surface area (Å²) >= 11 is 0. The highest BCUT2D eigenvalue weighted by molar-refractivity contribution is 6.05. The van der Waals surface area contributed by atoms with Crippen LogP contribution in [0.2, 0.25) is 0 Å². The summed E-state index contributed by atoms with van der Waals surface area (Å²) in [6.45, 7) is 3.20. The molecule has 2 fully saturated rings. The van der Waals surface area contributed by atoms with Crippen molar-refractivity contribution in [1.29, 1.82) is 0 Å². The van der Waals surface area contributed by atoms with Crippen LogP contribution in [-0.2, 0) is 9.59 Å². The van der Waals surface area contributed by atoms with E-state index in [9.17, 15) is 14.4 Å². The maximum atomic E-state index is 12.8. The Hall–Kier alpha value is -2.81. The van der Waals surface area contributed by atoms with Crippen molar-refractivity contribution in [3.05, 3.63) is 17.7 Å². The molecule has 1 aromatic carbocycles. The summed E-state index contributed by atoms with van der Waals surface area (Å²) in [6, 6.07) is 3.10. The highest BCUT2D eigenvalue weighted by Gasteiger charge is 2.32. The molecule has 3 aliphatic rings. The van der Waals surface area contributed by atoms with Gasteiger partial charge in [0.15, 0.2) is 0 Å². The van der Waals surface area contributed by atoms with Crippen LogP contribution in [-0.4, -0.2) is 63.2 Å². The number of piperidine rings is 1. The fraction of sp³-hybridized carbons (Fsp3) is 0.526. The second kappa shape index (κ2) is 7.67. The summed E-state index contributed by atoms with van der Waals surface area (Å²) in [5.41, 5.74) is 1.22. The smallest absolute Gasteiger partial charge is 0.255 e. The Balaban J connectivity index is 1.61. The van der Waals surface area contributed by atoms with Crippen LogP contribution in [0.25, 0.3) is 0 Å². The summed E-state index contributed by atoms with van der Waals surface area (Å²) in [6.07, 6.45) is 1.37. The van der Waals surface area contributed by atoms with Gasteiger partial charge in [-0.05, 0) is 12.5 Å². The van der Waals surface area contributed by atoms with Crippen LogP contribution in [0, 0.1) is 0 Å². The Kier molecular flexibility index (Phi) is 5.08. The number of carbonyl (C=O) groups excluding carboxylic acids is 3. The van der Waals surface area contributed by atoms with E-state index in [4.69, 9.17) is 9.47 Å². The SMILES string of the molecule is COc1cc2c(cc1C(=O)N[C@H]1CCC(=O)NC1=O)OCC[C@H]1CNCCN21. The number of nitrogens with zero attached hydrogens (tertiary/aromatic N) is 1. The second-order valence-electron chi connectivity index (χ2n) is 7.19. The Morgan fingerprint density at radius 2 is 2.18 bits per heavy atom. The normalized spacial score (nSPS) is 24.2. The van der Waals surface area contributed by atoms with E-state index in [-0.39, 0.29) is 18.7 Å². The maximum Gasteiger partial charge on any atom is 0.255 e. The van der Waals surface area contributed by atoms with Crippen molar-refractivity contribution in [3.63, 3.8) is 0 Å². The molecule has 0 aliphatic carbocycles. The predicted molar refractivity (Wildman–Crippen MR) is 101 cm³/mol. The molecule has 2 atom stereocenters. The van der Waals surface area contributed by atoms with Gasteiger partial charge in [0.25, 0.3) is 5.91 Å². The van der Waals surface area contributed by atoms with Crippen molar-refractivity contribution in [3.8, 4) is 11.5 Å². The molecule has 3 aliphatic heterocycles. The van der Waals surface area contributed by atoms with Crippen LogP contribution in [0.15, 0.2) is 12.1 Å². The number of rotatable bonds is 3. The van der Waals surface area contributed by atoms with Crippen molar-refractivity contribution in [1.82, 2.24) is 16.0 Å². The molecule has 0 radical (unpaired) electrons. The zero-order valence-electron chi connectivity index (χ0n) is 15.7. The van der Waals surface area contributed by atoms with Crippen LogP contribution >= 0.6 is 0 Å². The van der Waals surface area contributed by atoms with Crippen molar-refractivity contribution in [2.45, 2.75) is 31.3 Å². The maximum absolute atomic E-state index is 12.8. The quantitative estimate of drug-likeness (QED) is 0.615. The number of hydrogen-bond acceptors (Lipinski definition) is 7. The summed E-state index contributed by atoms with van der Waals surface area (Å²) in [4.78, 5) is 38.4. The van der Waals surface area contributed by atoms with E-state index < -0.39 is 17.9 Å². The molecule has 3 amide bonds. The molecule has 0 spiro atoms. The molecular weight excluding hydrogens is 364 g/mol. The molecule has 4 rings (SSSR count). The monoisotopic (exact) mass is 388 g/mol. The van der Waals surface area contributed by atoms with E-state index in [1.165, 1.54) is 7.11 Å². The number of methoxy groups -OCH3 is 1. The van der Waals surface area contributed by atoms with Crippen LogP contribution in [0.5, 0.6) is 11.5 Å². The summed E-state index contributed by atoms with van der Waals surface area (Å²) in [5, 5.41) is 8.34. The standard InChI is InChI=1S/C19H24N4O5/c1-27-15-9-14-16(28-7-4-11-10-20-5-6-23(11)14)8-12(15)18(25)21-13-2-3-17(24)22-19(13)26/h8-9,11,13,20H,2-7,10H2,1H3,(H,21,25)(H,22,24,26)/t11-,13-/m0/s1. The van der Waals surface area contributed by atoms with Crippen LogP contribution in [0.3, 0.4) is 0 Å². The van der Waals surface area contributed by atoms with E-state index in [2.05, 4.69) is 20.9 Å². The summed E-state index contributed by atoms with van der Waals surface area (Å²) in [7, 11) is 1.51. The zero-order chi connectivity index (χ0) is 19.7. The molecule has 0 bridgehead atoms. The van der Waals surface area contributed by atoms with E-state index in [0.717, 1.165) is 31.7 Å². The molecular formula is C19H24N4O5. The van der Waals surface area contributed by atoms with Crippen molar-refractivity contribution in [2.75, 3.05) is 38.3 Å². The van der Waals surface area contributed by atoms with Gasteiger partial charge in [-0.15, -0.1) is 0 Å². The molecule has 9 heteroatoms. The number of amides is 3. The Bertz CT molecular complexity index is 812. The van der Waals surface area contributed by atoms with Crippen LogP contribution in [0.4, 0.5) is 5.69 Å². The van der Waals surface area contributed by atoms with Crippen LogP contribution in [0.1, 0.15) is 29.6 Å². The number of nitrogens with one attached hydrogen (secondary N) is 3. The fourth-order valence-corrected chi connectivity index (χ4v) is 3.94. The van der Waals surface area contributed by atoms with Gasteiger partial charge in [0.05, 0.1) is 25.0 Å². The third-order valence-electron chi connectivity index (χ3n) is 5.44. The lowest BCUT2D eigenvalue weighted by molar-refractivity contribution is -0.134. The molecule has 0 aromatic heterocycles. The lowest BCUT2D eigenvalue weighted by Gasteiger charge is -2.36. The second-order valence-corrected chi connectivity index (χ2v) is 7.19. The zero-order valence-corrected chi connectivity index (χ0v) is 15.7. The average molecular weight is 388 g/mol. The molecule has 3 N–H and O–H groups in total.